The predicted octanol–water partition coefficient (Wildman–Crippen LogP) is 2.75. The van der Waals surface area contributed by atoms with Crippen molar-refractivity contribution in [2.75, 3.05) is 7.11 Å². The normalized spacial score (nSPS) is 15.5. The van der Waals surface area contributed by atoms with E-state index in [9.17, 15) is 0 Å². The van der Waals surface area contributed by atoms with Crippen LogP contribution in [0.25, 0.3) is 0 Å². The number of methoxy groups -OCH3 is 1. The van der Waals surface area contributed by atoms with Crippen molar-refractivity contribution >= 4 is 0 Å². The largest absolute Gasteiger partial charge is 0.489 e. The van der Waals surface area contributed by atoms with Crippen LogP contribution in [0.5, 0.6) is 11.6 Å². The Kier molecular flexibility index (Phi) is 2.80. The lowest BCUT2D eigenvalue weighted by molar-refractivity contribution is 0.299. The first-order valence-corrected chi connectivity index (χ1v) is 5.41. The molecule has 1 aromatic heterocycles. The van der Waals surface area contributed by atoms with E-state index in [4.69, 9.17) is 9.47 Å². The molecular weight excluding hydrogens is 190 g/mol. The molecule has 15 heavy (non-hydrogen) atoms. The number of ether oxygens (including phenoxy) is 2. The molecule has 3 heteroatoms. The van der Waals surface area contributed by atoms with E-state index >= 15 is 0 Å². The highest BCUT2D eigenvalue weighted by Crippen LogP contribution is 2.31. The van der Waals surface area contributed by atoms with E-state index in [0.717, 1.165) is 11.3 Å². The van der Waals surface area contributed by atoms with Crippen LogP contribution in [-0.4, -0.2) is 18.2 Å². The molecule has 0 saturated heterocycles. The second-order valence-corrected chi connectivity index (χ2v) is 4.24. The Balaban J connectivity index is 2.22. The number of aromatic nitrogens is 1. The highest BCUT2D eigenvalue weighted by molar-refractivity contribution is 5.35. The van der Waals surface area contributed by atoms with Gasteiger partial charge in [-0.25, -0.2) is 4.98 Å². The zero-order valence-corrected chi connectivity index (χ0v) is 9.49. The highest BCUT2D eigenvalue weighted by atomic mass is 16.5. The van der Waals surface area contributed by atoms with Gasteiger partial charge < -0.3 is 9.47 Å². The molecule has 0 bridgehead atoms. The molecule has 1 aliphatic carbocycles. The molecule has 0 aromatic carbocycles. The Bertz CT molecular complexity index is 345. The van der Waals surface area contributed by atoms with Crippen molar-refractivity contribution in [1.82, 2.24) is 4.98 Å². The van der Waals surface area contributed by atoms with Crippen molar-refractivity contribution in [2.24, 2.45) is 0 Å². The van der Waals surface area contributed by atoms with E-state index in [1.807, 2.05) is 6.07 Å². The summed E-state index contributed by atoms with van der Waals surface area (Å²) >= 11 is 0. The minimum absolute atomic E-state index is 0.398. The van der Waals surface area contributed by atoms with Gasteiger partial charge in [-0.15, -0.1) is 0 Å². The minimum atomic E-state index is 0.398. The van der Waals surface area contributed by atoms with Gasteiger partial charge in [0.15, 0.2) is 0 Å². The van der Waals surface area contributed by atoms with Crippen molar-refractivity contribution in [3.63, 3.8) is 0 Å². The van der Waals surface area contributed by atoms with Gasteiger partial charge in [-0.3, -0.25) is 0 Å². The van der Waals surface area contributed by atoms with Crippen LogP contribution in [0.2, 0.25) is 0 Å². The highest BCUT2D eigenvalue weighted by Gasteiger charge is 2.24. The lowest BCUT2D eigenvalue weighted by Crippen LogP contribution is -2.01. The van der Waals surface area contributed by atoms with Crippen LogP contribution >= 0.6 is 0 Å². The maximum Gasteiger partial charge on any atom is 0.216 e. The first kappa shape index (κ1) is 10.3. The van der Waals surface area contributed by atoms with Gasteiger partial charge in [0.1, 0.15) is 5.75 Å². The molecule has 0 N–H and O–H groups in total. The molecule has 0 aliphatic heterocycles. The van der Waals surface area contributed by atoms with Gasteiger partial charge in [-0.2, -0.15) is 0 Å². The summed E-state index contributed by atoms with van der Waals surface area (Å²) in [5.41, 5.74) is 1.11. The Morgan fingerprint density at radius 1 is 1.40 bits per heavy atom. The topological polar surface area (TPSA) is 31.4 Å². The monoisotopic (exact) mass is 207 g/mol. The number of hydrogen-bond donors (Lipinski definition) is 0. The average Bonchev–Trinajstić information content (AvgIpc) is 3.01. The van der Waals surface area contributed by atoms with E-state index in [0.29, 0.717) is 17.9 Å². The number of rotatable bonds is 4. The third kappa shape index (κ3) is 2.41. The summed E-state index contributed by atoms with van der Waals surface area (Å²) in [6, 6.07) is 2.04. The van der Waals surface area contributed by atoms with Crippen LogP contribution in [0.4, 0.5) is 0 Å². The van der Waals surface area contributed by atoms with Crippen molar-refractivity contribution in [3.05, 3.63) is 17.8 Å². The van der Waals surface area contributed by atoms with Crippen LogP contribution < -0.4 is 9.47 Å². The third-order valence-electron chi connectivity index (χ3n) is 2.50. The van der Waals surface area contributed by atoms with Crippen LogP contribution in [0.15, 0.2) is 12.3 Å². The van der Waals surface area contributed by atoms with E-state index in [1.165, 1.54) is 12.8 Å². The molecule has 82 valence electrons. The first-order valence-electron chi connectivity index (χ1n) is 5.41. The molecule has 1 fully saturated rings. The van der Waals surface area contributed by atoms with Crippen LogP contribution in [0, 0.1) is 0 Å². The van der Waals surface area contributed by atoms with Crippen molar-refractivity contribution < 1.29 is 9.47 Å². The molecule has 1 heterocycles. The van der Waals surface area contributed by atoms with Crippen molar-refractivity contribution in [1.29, 1.82) is 0 Å². The molecule has 0 unspecified atom stereocenters. The Morgan fingerprint density at radius 2 is 2.13 bits per heavy atom. The summed E-state index contributed by atoms with van der Waals surface area (Å²) in [5, 5.41) is 0. The van der Waals surface area contributed by atoms with Gasteiger partial charge >= 0.3 is 0 Å². The van der Waals surface area contributed by atoms with Crippen LogP contribution in [0.1, 0.15) is 38.2 Å². The lowest BCUT2D eigenvalue weighted by atomic mass is 10.1. The number of pyridine rings is 1. The van der Waals surface area contributed by atoms with Gasteiger partial charge in [-0.1, -0.05) is 13.8 Å². The third-order valence-corrected chi connectivity index (χ3v) is 2.50. The quantitative estimate of drug-likeness (QED) is 0.760. The van der Waals surface area contributed by atoms with E-state index in [2.05, 4.69) is 18.8 Å². The molecule has 0 radical (unpaired) electrons. The fraction of sp³-hybridized carbons (Fsp3) is 0.583. The van der Waals surface area contributed by atoms with Gasteiger partial charge in [-0.05, 0) is 24.8 Å². The first-order chi connectivity index (χ1) is 7.20. The molecule has 0 spiro atoms. The van der Waals surface area contributed by atoms with Gasteiger partial charge in [0.2, 0.25) is 5.88 Å². The minimum Gasteiger partial charge on any atom is -0.489 e. The summed E-state index contributed by atoms with van der Waals surface area (Å²) in [7, 11) is 1.65. The van der Waals surface area contributed by atoms with Crippen molar-refractivity contribution in [3.8, 4) is 11.6 Å². The Hall–Kier alpha value is -1.25. The van der Waals surface area contributed by atoms with Crippen molar-refractivity contribution in [2.45, 2.75) is 38.7 Å². The maximum absolute atomic E-state index is 5.70. The zero-order valence-electron chi connectivity index (χ0n) is 9.49. The van der Waals surface area contributed by atoms with Crippen LogP contribution in [-0.2, 0) is 0 Å². The van der Waals surface area contributed by atoms with E-state index in [-0.39, 0.29) is 0 Å². The molecule has 3 nitrogen and oxygen atoms in total. The molecule has 1 aliphatic rings. The van der Waals surface area contributed by atoms with E-state index in [1.54, 1.807) is 13.3 Å². The van der Waals surface area contributed by atoms with Gasteiger partial charge in [0.25, 0.3) is 0 Å². The summed E-state index contributed by atoms with van der Waals surface area (Å²) < 4.78 is 10.9. The average molecular weight is 207 g/mol. The van der Waals surface area contributed by atoms with Gasteiger partial charge in [0, 0.05) is 5.56 Å². The molecule has 2 rings (SSSR count). The summed E-state index contributed by atoms with van der Waals surface area (Å²) in [6.45, 7) is 4.25. The smallest absolute Gasteiger partial charge is 0.216 e. The zero-order chi connectivity index (χ0) is 10.8. The fourth-order valence-electron chi connectivity index (χ4n) is 1.48. The second-order valence-electron chi connectivity index (χ2n) is 4.24. The summed E-state index contributed by atoms with van der Waals surface area (Å²) in [6.07, 6.45) is 4.50. The summed E-state index contributed by atoms with van der Waals surface area (Å²) in [5.74, 6) is 1.96. The molecule has 1 saturated carbocycles. The maximum atomic E-state index is 5.70. The van der Waals surface area contributed by atoms with Crippen LogP contribution in [0.3, 0.4) is 0 Å². The lowest BCUT2D eigenvalue weighted by Gasteiger charge is -2.12. The number of nitrogens with zero attached hydrogens (tertiary/aromatic N) is 1. The van der Waals surface area contributed by atoms with E-state index < -0.39 is 0 Å². The number of hydrogen-bond acceptors (Lipinski definition) is 3. The molecule has 0 amide bonds. The Labute approximate surface area is 90.4 Å². The fourth-order valence-corrected chi connectivity index (χ4v) is 1.48. The molecule has 0 atom stereocenters. The molecule has 1 aromatic rings. The van der Waals surface area contributed by atoms with Gasteiger partial charge in [0.05, 0.1) is 19.4 Å². The predicted molar refractivity (Wildman–Crippen MR) is 58.5 cm³/mol. The SMILES string of the molecule is COc1ncc(OC2CC2)cc1C(C)C. The standard InChI is InChI=1S/C12H17NO2/c1-8(2)11-6-10(15-9-4-5-9)7-13-12(11)14-3/h6-9H,4-5H2,1-3H3. The summed E-state index contributed by atoms with van der Waals surface area (Å²) in [4.78, 5) is 4.25. The Morgan fingerprint density at radius 3 is 2.67 bits per heavy atom. The molecular formula is C12H17NO2. The second kappa shape index (κ2) is 4.09.